The predicted octanol–water partition coefficient (Wildman–Crippen LogP) is 0.856. The topological polar surface area (TPSA) is 74.5 Å². The number of aromatic nitrogens is 3. The van der Waals surface area contributed by atoms with Crippen LogP contribution >= 0.6 is 0 Å². The maximum Gasteiger partial charge on any atom is 0.360 e. The van der Waals surface area contributed by atoms with Crippen LogP contribution < -0.4 is 4.90 Å². The molecule has 0 spiro atoms. The summed E-state index contributed by atoms with van der Waals surface area (Å²) in [7, 11) is 2.02. The molecule has 1 fully saturated rings. The van der Waals surface area contributed by atoms with Crippen LogP contribution in [0.5, 0.6) is 0 Å². The van der Waals surface area contributed by atoms with Gasteiger partial charge >= 0.3 is 5.97 Å². The minimum atomic E-state index is -1.12. The Kier molecular flexibility index (Phi) is 3.76. The smallest absolute Gasteiger partial charge is 0.360 e. The van der Waals surface area contributed by atoms with Gasteiger partial charge in [0.15, 0.2) is 5.82 Å². The van der Waals surface area contributed by atoms with Crippen molar-refractivity contribution < 1.29 is 14.3 Å². The zero-order valence-corrected chi connectivity index (χ0v) is 12.1. The largest absolute Gasteiger partial charge is 0.476 e. The average molecular weight is 305 g/mol. The van der Waals surface area contributed by atoms with Gasteiger partial charge in [0.05, 0.1) is 5.69 Å². The minimum Gasteiger partial charge on any atom is -0.476 e. The van der Waals surface area contributed by atoms with Crippen molar-refractivity contribution in [2.75, 3.05) is 38.1 Å². The van der Waals surface area contributed by atoms with Crippen molar-refractivity contribution in [1.82, 2.24) is 19.9 Å². The van der Waals surface area contributed by atoms with E-state index >= 15 is 0 Å². The Morgan fingerprint density at radius 2 is 1.77 bits per heavy atom. The number of carbonyl (C=O) groups is 1. The number of rotatable bonds is 3. The lowest BCUT2D eigenvalue weighted by Crippen LogP contribution is -2.45. The SMILES string of the molecule is CN1CCN(c2nn(-c3ccc(F)cc3)nc2C(=O)O)CC1. The summed E-state index contributed by atoms with van der Waals surface area (Å²) in [6.45, 7) is 3.06. The lowest BCUT2D eigenvalue weighted by Gasteiger charge is -2.32. The number of carboxylic acid groups (broad SMARTS) is 1. The van der Waals surface area contributed by atoms with Crippen molar-refractivity contribution in [2.24, 2.45) is 0 Å². The summed E-state index contributed by atoms with van der Waals surface area (Å²) >= 11 is 0. The number of carboxylic acids is 1. The fourth-order valence-electron chi connectivity index (χ4n) is 2.36. The van der Waals surface area contributed by atoms with Gasteiger partial charge in [-0.05, 0) is 31.3 Å². The first-order valence-corrected chi connectivity index (χ1v) is 6.94. The standard InChI is InChI=1S/C14H16FN5O2/c1-18-6-8-19(9-7-18)13-12(14(21)22)16-20(17-13)11-4-2-10(15)3-5-11/h2-5H,6-9H2,1H3,(H,21,22). The van der Waals surface area contributed by atoms with Crippen LogP contribution in [0.2, 0.25) is 0 Å². The molecule has 7 nitrogen and oxygen atoms in total. The van der Waals surface area contributed by atoms with Crippen LogP contribution in [0.1, 0.15) is 10.5 Å². The van der Waals surface area contributed by atoms with Crippen LogP contribution in [-0.2, 0) is 0 Å². The van der Waals surface area contributed by atoms with Gasteiger partial charge in [0.25, 0.3) is 0 Å². The molecular weight excluding hydrogens is 289 g/mol. The molecule has 116 valence electrons. The number of anilines is 1. The number of hydrogen-bond donors (Lipinski definition) is 1. The molecule has 2 aromatic rings. The van der Waals surface area contributed by atoms with Crippen LogP contribution in [0.3, 0.4) is 0 Å². The third-order valence-electron chi connectivity index (χ3n) is 3.66. The van der Waals surface area contributed by atoms with Crippen molar-refractivity contribution in [3.8, 4) is 5.69 Å². The van der Waals surface area contributed by atoms with E-state index in [0.717, 1.165) is 13.1 Å². The van der Waals surface area contributed by atoms with Gasteiger partial charge in [0.1, 0.15) is 5.82 Å². The molecule has 8 heteroatoms. The molecule has 3 rings (SSSR count). The van der Waals surface area contributed by atoms with Crippen molar-refractivity contribution >= 4 is 11.8 Å². The summed E-state index contributed by atoms with van der Waals surface area (Å²) < 4.78 is 13.0. The van der Waals surface area contributed by atoms with E-state index in [1.165, 1.54) is 29.1 Å². The molecule has 0 unspecified atom stereocenters. The lowest BCUT2D eigenvalue weighted by molar-refractivity contribution is 0.0690. The molecule has 1 aliphatic heterocycles. The van der Waals surface area contributed by atoms with E-state index in [-0.39, 0.29) is 11.5 Å². The normalized spacial score (nSPS) is 16.0. The summed E-state index contributed by atoms with van der Waals surface area (Å²) in [5, 5.41) is 17.7. The van der Waals surface area contributed by atoms with Gasteiger partial charge in [-0.2, -0.15) is 0 Å². The Morgan fingerprint density at radius 3 is 2.36 bits per heavy atom. The molecule has 0 atom stereocenters. The van der Waals surface area contributed by atoms with E-state index in [1.54, 1.807) is 0 Å². The van der Waals surface area contributed by atoms with Crippen molar-refractivity contribution in [2.45, 2.75) is 0 Å². The predicted molar refractivity (Wildman–Crippen MR) is 78.0 cm³/mol. The summed E-state index contributed by atoms with van der Waals surface area (Å²) in [6.07, 6.45) is 0. The highest BCUT2D eigenvalue weighted by Gasteiger charge is 2.25. The second-order valence-electron chi connectivity index (χ2n) is 5.23. The van der Waals surface area contributed by atoms with Gasteiger partial charge in [0, 0.05) is 26.2 Å². The van der Waals surface area contributed by atoms with E-state index in [2.05, 4.69) is 15.1 Å². The second-order valence-corrected chi connectivity index (χ2v) is 5.23. The number of likely N-dealkylation sites (N-methyl/N-ethyl adjacent to an activating group) is 1. The molecule has 1 N–H and O–H groups in total. The number of benzene rings is 1. The molecule has 1 aromatic heterocycles. The second kappa shape index (κ2) is 5.72. The fraction of sp³-hybridized carbons (Fsp3) is 0.357. The van der Waals surface area contributed by atoms with E-state index in [4.69, 9.17) is 0 Å². The van der Waals surface area contributed by atoms with E-state index in [1.807, 2.05) is 11.9 Å². The molecule has 0 amide bonds. The van der Waals surface area contributed by atoms with Gasteiger partial charge in [-0.25, -0.2) is 9.18 Å². The van der Waals surface area contributed by atoms with Crippen LogP contribution in [-0.4, -0.2) is 64.2 Å². The molecule has 22 heavy (non-hydrogen) atoms. The van der Waals surface area contributed by atoms with Crippen molar-refractivity contribution in [3.05, 3.63) is 35.8 Å². The van der Waals surface area contributed by atoms with Crippen LogP contribution in [0.25, 0.3) is 5.69 Å². The molecule has 0 radical (unpaired) electrons. The van der Waals surface area contributed by atoms with E-state index < -0.39 is 5.97 Å². The maximum atomic E-state index is 13.0. The number of hydrogen-bond acceptors (Lipinski definition) is 5. The summed E-state index contributed by atoms with van der Waals surface area (Å²) in [4.78, 5) is 16.7. The van der Waals surface area contributed by atoms with E-state index in [0.29, 0.717) is 24.6 Å². The van der Waals surface area contributed by atoms with E-state index in [9.17, 15) is 14.3 Å². The van der Waals surface area contributed by atoms with Crippen molar-refractivity contribution in [3.63, 3.8) is 0 Å². The minimum absolute atomic E-state index is 0.0890. The fourth-order valence-corrected chi connectivity index (χ4v) is 2.36. The van der Waals surface area contributed by atoms with Gasteiger partial charge in [-0.15, -0.1) is 15.0 Å². The summed E-state index contributed by atoms with van der Waals surface area (Å²) in [5.74, 6) is -1.14. The number of halogens is 1. The van der Waals surface area contributed by atoms with Crippen LogP contribution in [0, 0.1) is 5.82 Å². The summed E-state index contributed by atoms with van der Waals surface area (Å²) in [5.41, 5.74) is 0.429. The molecule has 0 saturated carbocycles. The number of piperazine rings is 1. The van der Waals surface area contributed by atoms with Gasteiger partial charge in [-0.1, -0.05) is 0 Å². The zero-order chi connectivity index (χ0) is 15.7. The highest BCUT2D eigenvalue weighted by atomic mass is 19.1. The average Bonchev–Trinajstić information content (AvgIpc) is 2.94. The number of nitrogens with zero attached hydrogens (tertiary/aromatic N) is 5. The first kappa shape index (κ1) is 14.5. The van der Waals surface area contributed by atoms with Gasteiger partial charge in [0.2, 0.25) is 5.69 Å². The number of aromatic carboxylic acids is 1. The third-order valence-corrected chi connectivity index (χ3v) is 3.66. The Balaban J connectivity index is 1.95. The van der Waals surface area contributed by atoms with Crippen LogP contribution in [0.4, 0.5) is 10.2 Å². The molecule has 0 bridgehead atoms. The van der Waals surface area contributed by atoms with Gasteiger partial charge in [-0.3, -0.25) is 0 Å². The Morgan fingerprint density at radius 1 is 1.14 bits per heavy atom. The molecule has 1 saturated heterocycles. The summed E-state index contributed by atoms with van der Waals surface area (Å²) in [6, 6.07) is 5.59. The quantitative estimate of drug-likeness (QED) is 0.906. The highest BCUT2D eigenvalue weighted by molar-refractivity contribution is 5.91. The zero-order valence-electron chi connectivity index (χ0n) is 12.1. The highest BCUT2D eigenvalue weighted by Crippen LogP contribution is 2.19. The Bertz CT molecular complexity index is 677. The Hall–Kier alpha value is -2.48. The third kappa shape index (κ3) is 2.77. The lowest BCUT2D eigenvalue weighted by atomic mass is 10.3. The molecular formula is C14H16FN5O2. The van der Waals surface area contributed by atoms with Crippen LogP contribution in [0.15, 0.2) is 24.3 Å². The first-order valence-electron chi connectivity index (χ1n) is 6.94. The first-order chi connectivity index (χ1) is 10.5. The molecule has 0 aliphatic carbocycles. The molecule has 2 heterocycles. The van der Waals surface area contributed by atoms with Gasteiger partial charge < -0.3 is 14.9 Å². The molecule has 1 aromatic carbocycles. The van der Waals surface area contributed by atoms with Crippen molar-refractivity contribution in [1.29, 1.82) is 0 Å². The molecule has 1 aliphatic rings. The monoisotopic (exact) mass is 305 g/mol. The Labute approximate surface area is 126 Å². The maximum absolute atomic E-state index is 13.0.